The Morgan fingerprint density at radius 3 is 2.37 bits per heavy atom. The molecule has 2 atom stereocenters. The molecule has 2 aromatic carbocycles. The van der Waals surface area contributed by atoms with Gasteiger partial charge in [-0.05, 0) is 42.0 Å². The van der Waals surface area contributed by atoms with E-state index in [0.29, 0.717) is 12.3 Å². The van der Waals surface area contributed by atoms with E-state index >= 15 is 0 Å². The zero-order chi connectivity index (χ0) is 20.6. The summed E-state index contributed by atoms with van der Waals surface area (Å²) in [7, 11) is 5.20. The Hall–Kier alpha value is -2.74. The van der Waals surface area contributed by atoms with Crippen LogP contribution in [0.15, 0.2) is 60.9 Å². The van der Waals surface area contributed by atoms with Crippen LogP contribution in [-0.2, 0) is 7.05 Å². The number of benzene rings is 2. The molecule has 0 aliphatic heterocycles. The summed E-state index contributed by atoms with van der Waals surface area (Å²) >= 11 is 0. The molecule has 8 heteroatoms. The molecule has 0 spiro atoms. The van der Waals surface area contributed by atoms with Gasteiger partial charge in [-0.1, -0.05) is 12.1 Å². The molecule has 0 aliphatic carbocycles. The molecule has 0 saturated carbocycles. The maximum atomic E-state index is 10.4. The number of halogens is 1. The van der Waals surface area contributed by atoms with E-state index in [9.17, 15) is 5.11 Å². The number of aromatic nitrogens is 2. The molecule has 0 fully saturated rings. The molecular formula is C22H28ClN3O4. The number of aliphatic hydroxyl groups is 1. The standard InChI is InChI=1S/C22H27N3O4.ClH/c1-25-12-11-23-22(25)21(16-5-4-6-20(13-16)28-3)24-14-17(26)15-29-19-9-7-18(27-2)8-10-19;/h4-13,17,21,24,26H,14-15H2,1-3H3;1H. The molecule has 2 N–H and O–H groups in total. The Morgan fingerprint density at radius 2 is 1.73 bits per heavy atom. The highest BCUT2D eigenvalue weighted by molar-refractivity contribution is 5.85. The first kappa shape index (κ1) is 23.5. The van der Waals surface area contributed by atoms with Crippen LogP contribution in [0.2, 0.25) is 0 Å². The van der Waals surface area contributed by atoms with Crippen molar-refractivity contribution in [3.8, 4) is 17.2 Å². The lowest BCUT2D eigenvalue weighted by molar-refractivity contribution is 0.104. The molecule has 1 aromatic heterocycles. The molecule has 162 valence electrons. The predicted octanol–water partition coefficient (Wildman–Crippen LogP) is 2.98. The summed E-state index contributed by atoms with van der Waals surface area (Å²) in [6.07, 6.45) is 2.96. The first-order valence-electron chi connectivity index (χ1n) is 9.40. The van der Waals surface area contributed by atoms with Crippen molar-refractivity contribution in [2.75, 3.05) is 27.4 Å². The summed E-state index contributed by atoms with van der Waals surface area (Å²) in [5.74, 6) is 3.06. The normalized spacial score (nSPS) is 12.5. The number of imidazole rings is 1. The van der Waals surface area contributed by atoms with Crippen LogP contribution >= 0.6 is 12.4 Å². The van der Waals surface area contributed by atoms with Crippen molar-refractivity contribution in [3.05, 3.63) is 72.3 Å². The number of methoxy groups -OCH3 is 2. The van der Waals surface area contributed by atoms with Crippen molar-refractivity contribution in [2.24, 2.45) is 7.05 Å². The number of aryl methyl sites for hydroxylation is 1. The molecule has 0 radical (unpaired) electrons. The number of nitrogens with zero attached hydrogens (tertiary/aromatic N) is 2. The zero-order valence-electron chi connectivity index (χ0n) is 17.3. The highest BCUT2D eigenvalue weighted by Gasteiger charge is 2.20. The minimum Gasteiger partial charge on any atom is -0.497 e. The highest BCUT2D eigenvalue weighted by Crippen LogP contribution is 2.24. The van der Waals surface area contributed by atoms with Crippen LogP contribution in [-0.4, -0.2) is 48.1 Å². The maximum absolute atomic E-state index is 10.4. The van der Waals surface area contributed by atoms with Crippen LogP contribution in [0.4, 0.5) is 0 Å². The average Bonchev–Trinajstić information content (AvgIpc) is 3.18. The van der Waals surface area contributed by atoms with Crippen LogP contribution in [0.25, 0.3) is 0 Å². The van der Waals surface area contributed by atoms with E-state index in [1.807, 2.05) is 66.3 Å². The summed E-state index contributed by atoms with van der Waals surface area (Å²) in [4.78, 5) is 4.47. The third kappa shape index (κ3) is 6.13. The molecule has 0 saturated heterocycles. The number of ether oxygens (including phenoxy) is 3. The fraction of sp³-hybridized carbons (Fsp3) is 0.318. The lowest BCUT2D eigenvalue weighted by Gasteiger charge is -2.22. The summed E-state index contributed by atoms with van der Waals surface area (Å²) in [5, 5.41) is 13.8. The van der Waals surface area contributed by atoms with Crippen LogP contribution in [0.1, 0.15) is 17.4 Å². The Balaban J connectivity index is 0.00000320. The SMILES string of the molecule is COc1ccc(OCC(O)CNC(c2cccc(OC)c2)c2nccn2C)cc1.Cl. The number of nitrogens with one attached hydrogen (secondary N) is 1. The van der Waals surface area contributed by atoms with Gasteiger partial charge >= 0.3 is 0 Å². The molecule has 3 rings (SSSR count). The molecule has 0 bridgehead atoms. The topological polar surface area (TPSA) is 77.8 Å². The fourth-order valence-corrected chi connectivity index (χ4v) is 3.01. The second-order valence-corrected chi connectivity index (χ2v) is 6.65. The van der Waals surface area contributed by atoms with Gasteiger partial charge in [0, 0.05) is 26.0 Å². The van der Waals surface area contributed by atoms with Crippen molar-refractivity contribution < 1.29 is 19.3 Å². The zero-order valence-corrected chi connectivity index (χ0v) is 18.1. The molecular weight excluding hydrogens is 406 g/mol. The molecule has 0 aliphatic rings. The minimum atomic E-state index is -0.689. The van der Waals surface area contributed by atoms with E-state index in [2.05, 4.69) is 10.3 Å². The summed E-state index contributed by atoms with van der Waals surface area (Å²) < 4.78 is 18.1. The van der Waals surface area contributed by atoms with Gasteiger partial charge in [0.2, 0.25) is 0 Å². The molecule has 7 nitrogen and oxygen atoms in total. The van der Waals surface area contributed by atoms with E-state index in [4.69, 9.17) is 14.2 Å². The van der Waals surface area contributed by atoms with Crippen LogP contribution in [0, 0.1) is 0 Å². The Kier molecular flexibility index (Phi) is 8.98. The van der Waals surface area contributed by atoms with Crippen LogP contribution < -0.4 is 19.5 Å². The van der Waals surface area contributed by atoms with E-state index in [1.165, 1.54) is 0 Å². The largest absolute Gasteiger partial charge is 0.497 e. The van der Waals surface area contributed by atoms with Gasteiger partial charge in [0.1, 0.15) is 35.8 Å². The van der Waals surface area contributed by atoms with Gasteiger partial charge in [-0.25, -0.2) is 4.98 Å². The number of aliphatic hydroxyl groups excluding tert-OH is 1. The van der Waals surface area contributed by atoms with Gasteiger partial charge in [0.25, 0.3) is 0 Å². The Morgan fingerprint density at radius 1 is 1.03 bits per heavy atom. The van der Waals surface area contributed by atoms with Crippen molar-refractivity contribution in [2.45, 2.75) is 12.1 Å². The Labute approximate surface area is 183 Å². The van der Waals surface area contributed by atoms with E-state index < -0.39 is 6.10 Å². The van der Waals surface area contributed by atoms with Crippen LogP contribution in [0.3, 0.4) is 0 Å². The minimum absolute atomic E-state index is 0. The van der Waals surface area contributed by atoms with Crippen molar-refractivity contribution in [1.29, 1.82) is 0 Å². The van der Waals surface area contributed by atoms with Crippen molar-refractivity contribution in [1.82, 2.24) is 14.9 Å². The van der Waals surface area contributed by atoms with Crippen LogP contribution in [0.5, 0.6) is 17.2 Å². The second-order valence-electron chi connectivity index (χ2n) is 6.65. The molecule has 1 heterocycles. The second kappa shape index (κ2) is 11.4. The first-order chi connectivity index (χ1) is 14.1. The number of rotatable bonds is 10. The smallest absolute Gasteiger partial charge is 0.130 e. The predicted molar refractivity (Wildman–Crippen MR) is 118 cm³/mol. The van der Waals surface area contributed by atoms with Gasteiger partial charge in [-0.15, -0.1) is 12.4 Å². The van der Waals surface area contributed by atoms with Gasteiger partial charge < -0.3 is 29.2 Å². The first-order valence-corrected chi connectivity index (χ1v) is 9.40. The monoisotopic (exact) mass is 433 g/mol. The van der Waals surface area contributed by atoms with Crippen molar-refractivity contribution in [3.63, 3.8) is 0 Å². The summed E-state index contributed by atoms with van der Waals surface area (Å²) in [6, 6.07) is 14.9. The highest BCUT2D eigenvalue weighted by atomic mass is 35.5. The molecule has 0 amide bonds. The third-order valence-corrected chi connectivity index (χ3v) is 4.60. The van der Waals surface area contributed by atoms with Gasteiger partial charge in [-0.3, -0.25) is 0 Å². The van der Waals surface area contributed by atoms with E-state index in [0.717, 1.165) is 22.9 Å². The van der Waals surface area contributed by atoms with Gasteiger partial charge in [0.05, 0.1) is 20.3 Å². The van der Waals surface area contributed by atoms with E-state index in [1.54, 1.807) is 20.4 Å². The van der Waals surface area contributed by atoms with E-state index in [-0.39, 0.29) is 25.1 Å². The number of hydrogen-bond acceptors (Lipinski definition) is 6. The van der Waals surface area contributed by atoms with Crippen molar-refractivity contribution >= 4 is 12.4 Å². The lowest BCUT2D eigenvalue weighted by Crippen LogP contribution is -2.35. The third-order valence-electron chi connectivity index (χ3n) is 4.60. The maximum Gasteiger partial charge on any atom is 0.130 e. The lowest BCUT2D eigenvalue weighted by atomic mass is 10.1. The number of hydrogen-bond donors (Lipinski definition) is 2. The van der Waals surface area contributed by atoms with Gasteiger partial charge in [-0.2, -0.15) is 0 Å². The fourth-order valence-electron chi connectivity index (χ4n) is 3.01. The average molecular weight is 434 g/mol. The summed E-state index contributed by atoms with van der Waals surface area (Å²) in [5.41, 5.74) is 1.00. The molecule has 2 unspecified atom stereocenters. The molecule has 30 heavy (non-hydrogen) atoms. The van der Waals surface area contributed by atoms with Gasteiger partial charge in [0.15, 0.2) is 0 Å². The summed E-state index contributed by atoms with van der Waals surface area (Å²) in [6.45, 7) is 0.510. The molecule has 3 aromatic rings. The quantitative estimate of drug-likeness (QED) is 0.512. The Bertz CT molecular complexity index is 901.